The van der Waals surface area contributed by atoms with Crippen LogP contribution in [0.15, 0.2) is 24.3 Å². The van der Waals surface area contributed by atoms with E-state index in [0.717, 1.165) is 12.0 Å². The van der Waals surface area contributed by atoms with Crippen molar-refractivity contribution in [2.24, 2.45) is 0 Å². The van der Waals surface area contributed by atoms with E-state index < -0.39 is 23.5 Å². The Morgan fingerprint density at radius 3 is 2.35 bits per heavy atom. The summed E-state index contributed by atoms with van der Waals surface area (Å²) in [5.41, 5.74) is 0.0101. The molecule has 0 aromatic heterocycles. The number of benzene rings is 1. The molecule has 1 aliphatic carbocycles. The molecule has 1 aromatic rings. The summed E-state index contributed by atoms with van der Waals surface area (Å²) in [5, 5.41) is 11.8. The number of carbonyl (C=O) groups is 2. The van der Waals surface area contributed by atoms with Gasteiger partial charge >= 0.3 is 5.97 Å². The molecule has 1 saturated carbocycles. The first kappa shape index (κ1) is 14.4. The zero-order valence-corrected chi connectivity index (χ0v) is 11.7. The zero-order chi connectivity index (χ0) is 14.8. The summed E-state index contributed by atoms with van der Waals surface area (Å²) in [6.45, 7) is 3.58. The van der Waals surface area contributed by atoms with Crippen LogP contribution >= 0.6 is 0 Å². The first-order valence-electron chi connectivity index (χ1n) is 6.72. The lowest BCUT2D eigenvalue weighted by Gasteiger charge is -2.38. The fourth-order valence-corrected chi connectivity index (χ4v) is 2.13. The summed E-state index contributed by atoms with van der Waals surface area (Å²) in [4.78, 5) is 23.2. The molecule has 0 bridgehead atoms. The van der Waals surface area contributed by atoms with Gasteiger partial charge in [-0.1, -0.05) is 17.7 Å². The Morgan fingerprint density at radius 1 is 1.30 bits per heavy atom. The topological polar surface area (TPSA) is 75.6 Å². The number of rotatable bonds is 5. The van der Waals surface area contributed by atoms with Crippen LogP contribution in [-0.4, -0.2) is 28.6 Å². The van der Waals surface area contributed by atoms with Gasteiger partial charge in [-0.25, -0.2) is 4.79 Å². The number of hydrogen-bond acceptors (Lipinski definition) is 3. The SMILES string of the molecule is Cc1ccc(OC(C)C(=O)NC2(C(=O)O)CCC2)cc1. The van der Waals surface area contributed by atoms with Gasteiger partial charge in [0, 0.05) is 0 Å². The number of carbonyl (C=O) groups excluding carboxylic acids is 1. The predicted molar refractivity (Wildman–Crippen MR) is 73.6 cm³/mol. The smallest absolute Gasteiger partial charge is 0.329 e. The van der Waals surface area contributed by atoms with Crippen molar-refractivity contribution in [1.82, 2.24) is 5.32 Å². The van der Waals surface area contributed by atoms with Crippen LogP contribution in [0.4, 0.5) is 0 Å². The summed E-state index contributed by atoms with van der Waals surface area (Å²) in [6, 6.07) is 7.36. The van der Waals surface area contributed by atoms with Crippen molar-refractivity contribution < 1.29 is 19.4 Å². The highest BCUT2D eigenvalue weighted by Crippen LogP contribution is 2.32. The van der Waals surface area contributed by atoms with Gasteiger partial charge in [0.1, 0.15) is 11.3 Å². The zero-order valence-electron chi connectivity index (χ0n) is 11.7. The monoisotopic (exact) mass is 277 g/mol. The van der Waals surface area contributed by atoms with Crippen molar-refractivity contribution in [3.8, 4) is 5.75 Å². The normalized spacial score (nSPS) is 17.7. The van der Waals surface area contributed by atoms with E-state index in [1.807, 2.05) is 19.1 Å². The van der Waals surface area contributed by atoms with Crippen LogP contribution in [0, 0.1) is 6.92 Å². The van der Waals surface area contributed by atoms with Crippen LogP contribution in [0.3, 0.4) is 0 Å². The number of aryl methyl sites for hydroxylation is 1. The molecule has 0 heterocycles. The Morgan fingerprint density at radius 2 is 1.90 bits per heavy atom. The summed E-state index contributed by atoms with van der Waals surface area (Å²) in [7, 11) is 0. The summed E-state index contributed by atoms with van der Waals surface area (Å²) >= 11 is 0. The third-order valence-electron chi connectivity index (χ3n) is 3.68. The second-order valence-corrected chi connectivity index (χ2v) is 5.30. The highest BCUT2D eigenvalue weighted by Gasteiger charge is 2.46. The molecule has 2 rings (SSSR count). The van der Waals surface area contributed by atoms with E-state index in [1.54, 1.807) is 19.1 Å². The molecular weight excluding hydrogens is 258 g/mol. The van der Waals surface area contributed by atoms with Crippen molar-refractivity contribution in [2.75, 3.05) is 0 Å². The van der Waals surface area contributed by atoms with Gasteiger partial charge in [-0.15, -0.1) is 0 Å². The van der Waals surface area contributed by atoms with Crippen molar-refractivity contribution in [3.63, 3.8) is 0 Å². The second kappa shape index (κ2) is 5.53. The van der Waals surface area contributed by atoms with E-state index in [4.69, 9.17) is 4.74 Å². The molecule has 20 heavy (non-hydrogen) atoms. The van der Waals surface area contributed by atoms with Crippen LogP contribution in [0.25, 0.3) is 0 Å². The number of aliphatic carboxylic acids is 1. The Labute approximate surface area is 117 Å². The molecule has 5 heteroatoms. The summed E-state index contributed by atoms with van der Waals surface area (Å²) < 4.78 is 5.52. The molecule has 1 amide bonds. The lowest BCUT2D eigenvalue weighted by molar-refractivity contribution is -0.152. The van der Waals surface area contributed by atoms with Crippen LogP contribution in [0.1, 0.15) is 31.7 Å². The summed E-state index contributed by atoms with van der Waals surface area (Å²) in [5.74, 6) is -0.774. The number of carboxylic acid groups (broad SMARTS) is 1. The molecular formula is C15H19NO4. The highest BCUT2D eigenvalue weighted by atomic mass is 16.5. The van der Waals surface area contributed by atoms with Crippen LogP contribution in [0.5, 0.6) is 5.75 Å². The number of ether oxygens (including phenoxy) is 1. The van der Waals surface area contributed by atoms with E-state index in [-0.39, 0.29) is 0 Å². The standard InChI is InChI=1S/C15H19NO4/c1-10-4-6-12(7-5-10)20-11(2)13(17)16-15(14(18)19)8-3-9-15/h4-7,11H,3,8-9H2,1-2H3,(H,16,17)(H,18,19). The van der Waals surface area contributed by atoms with E-state index in [0.29, 0.717) is 18.6 Å². The largest absolute Gasteiger partial charge is 0.481 e. The molecule has 0 aliphatic heterocycles. The van der Waals surface area contributed by atoms with Crippen LogP contribution in [0.2, 0.25) is 0 Å². The maximum atomic E-state index is 12.0. The quantitative estimate of drug-likeness (QED) is 0.861. The Balaban J connectivity index is 1.95. The van der Waals surface area contributed by atoms with E-state index in [9.17, 15) is 14.7 Å². The first-order chi connectivity index (χ1) is 9.43. The molecule has 1 aromatic carbocycles. The van der Waals surface area contributed by atoms with Crippen molar-refractivity contribution in [3.05, 3.63) is 29.8 Å². The first-order valence-corrected chi connectivity index (χ1v) is 6.72. The molecule has 0 radical (unpaired) electrons. The third-order valence-corrected chi connectivity index (χ3v) is 3.68. The molecule has 5 nitrogen and oxygen atoms in total. The van der Waals surface area contributed by atoms with E-state index in [1.165, 1.54) is 0 Å². The van der Waals surface area contributed by atoms with Crippen LogP contribution < -0.4 is 10.1 Å². The average Bonchev–Trinajstić information content (AvgIpc) is 2.35. The molecule has 1 fully saturated rings. The van der Waals surface area contributed by atoms with Gasteiger partial charge in [0.25, 0.3) is 5.91 Å². The maximum absolute atomic E-state index is 12.0. The van der Waals surface area contributed by atoms with E-state index in [2.05, 4.69) is 5.32 Å². The molecule has 108 valence electrons. The molecule has 1 unspecified atom stereocenters. The third kappa shape index (κ3) is 2.92. The minimum absolute atomic E-state index is 0.396. The van der Waals surface area contributed by atoms with Crippen molar-refractivity contribution in [1.29, 1.82) is 0 Å². The number of carboxylic acids is 1. The van der Waals surface area contributed by atoms with Crippen LogP contribution in [-0.2, 0) is 9.59 Å². The van der Waals surface area contributed by atoms with Gasteiger partial charge in [0.15, 0.2) is 6.10 Å². The van der Waals surface area contributed by atoms with Gasteiger partial charge in [-0.3, -0.25) is 4.79 Å². The van der Waals surface area contributed by atoms with Gasteiger partial charge in [0.05, 0.1) is 0 Å². The van der Waals surface area contributed by atoms with Gasteiger partial charge in [0.2, 0.25) is 0 Å². The highest BCUT2D eigenvalue weighted by molar-refractivity contribution is 5.89. The summed E-state index contributed by atoms with van der Waals surface area (Å²) in [6.07, 6.45) is 1.05. The Bertz CT molecular complexity index is 505. The lowest BCUT2D eigenvalue weighted by Crippen LogP contribution is -2.61. The number of amides is 1. The maximum Gasteiger partial charge on any atom is 0.329 e. The van der Waals surface area contributed by atoms with Crippen molar-refractivity contribution >= 4 is 11.9 Å². The second-order valence-electron chi connectivity index (χ2n) is 5.30. The molecule has 1 atom stereocenters. The number of hydrogen-bond donors (Lipinski definition) is 2. The minimum atomic E-state index is -1.10. The van der Waals surface area contributed by atoms with Gasteiger partial charge < -0.3 is 15.2 Å². The van der Waals surface area contributed by atoms with Crippen molar-refractivity contribution in [2.45, 2.75) is 44.8 Å². The fourth-order valence-electron chi connectivity index (χ4n) is 2.13. The Kier molecular flexibility index (Phi) is 3.97. The molecule has 1 aliphatic rings. The Hall–Kier alpha value is -2.04. The van der Waals surface area contributed by atoms with Gasteiger partial charge in [-0.05, 0) is 45.2 Å². The molecule has 0 spiro atoms. The fraction of sp³-hybridized carbons (Fsp3) is 0.467. The van der Waals surface area contributed by atoms with Gasteiger partial charge in [-0.2, -0.15) is 0 Å². The lowest BCUT2D eigenvalue weighted by atomic mass is 9.76. The average molecular weight is 277 g/mol. The predicted octanol–water partition coefficient (Wildman–Crippen LogP) is 1.89. The van der Waals surface area contributed by atoms with E-state index >= 15 is 0 Å². The molecule has 2 N–H and O–H groups in total. The minimum Gasteiger partial charge on any atom is -0.481 e. The molecule has 0 saturated heterocycles. The number of nitrogens with one attached hydrogen (secondary N) is 1.